The predicted octanol–water partition coefficient (Wildman–Crippen LogP) is 2.89. The van der Waals surface area contributed by atoms with E-state index in [1.54, 1.807) is 35.3 Å². The molecule has 1 rings (SSSR count). The maximum absolute atomic E-state index is 11.6. The molecule has 0 amide bonds. The van der Waals surface area contributed by atoms with E-state index in [2.05, 4.69) is 13.2 Å². The highest BCUT2D eigenvalue weighted by Gasteiger charge is 2.26. The molecule has 1 unspecified atom stereocenters. The average molecular weight is 275 g/mol. The molecular weight excluding hydrogens is 254 g/mol. The molecule has 0 aliphatic rings. The summed E-state index contributed by atoms with van der Waals surface area (Å²) >= 11 is 0. The minimum atomic E-state index is -0.901. The maximum Gasteiger partial charge on any atom is 0.325 e. The minimum Gasteiger partial charge on any atom is -0.494 e. The van der Waals surface area contributed by atoms with Gasteiger partial charge in [-0.3, -0.25) is 9.69 Å². The summed E-state index contributed by atoms with van der Waals surface area (Å²) in [5.74, 6) is -0.226. The molecule has 1 N–H and O–H groups in total. The van der Waals surface area contributed by atoms with Gasteiger partial charge in [0.2, 0.25) is 0 Å². The van der Waals surface area contributed by atoms with Crippen molar-refractivity contribution in [3.8, 4) is 5.75 Å². The third-order valence-corrected chi connectivity index (χ3v) is 2.81. The van der Waals surface area contributed by atoms with E-state index in [9.17, 15) is 9.90 Å². The highest BCUT2D eigenvalue weighted by Crippen LogP contribution is 2.25. The summed E-state index contributed by atoms with van der Waals surface area (Å²) in [6, 6.07) is 6.43. The van der Waals surface area contributed by atoms with Gasteiger partial charge in [0, 0.05) is 13.1 Å². The molecule has 0 aliphatic heterocycles. The molecule has 108 valence electrons. The van der Waals surface area contributed by atoms with Crippen molar-refractivity contribution in [2.24, 2.45) is 0 Å². The summed E-state index contributed by atoms with van der Waals surface area (Å²) in [6.45, 7) is 10.7. The molecule has 20 heavy (non-hydrogen) atoms. The zero-order valence-corrected chi connectivity index (χ0v) is 11.8. The zero-order chi connectivity index (χ0) is 15.0. The molecular formula is C16H21NO3. The van der Waals surface area contributed by atoms with Gasteiger partial charge in [-0.2, -0.15) is 0 Å². The van der Waals surface area contributed by atoms with Crippen LogP contribution >= 0.6 is 0 Å². The molecule has 4 nitrogen and oxygen atoms in total. The van der Waals surface area contributed by atoms with Crippen molar-refractivity contribution in [2.75, 3.05) is 19.7 Å². The standard InChI is InChI=1S/C16H21NO3/c1-4-10-17(11-5-2)15(16(18)19)13-8-7-9-14(12-13)20-6-3/h4-5,7-9,12,15H,1-2,6,10-11H2,3H3,(H,18,19). The van der Waals surface area contributed by atoms with E-state index in [1.165, 1.54) is 0 Å². The van der Waals surface area contributed by atoms with Crippen LogP contribution in [0.25, 0.3) is 0 Å². The van der Waals surface area contributed by atoms with Crippen molar-refractivity contribution in [2.45, 2.75) is 13.0 Å². The van der Waals surface area contributed by atoms with Crippen molar-refractivity contribution >= 4 is 5.97 Å². The number of benzene rings is 1. The number of carbonyl (C=O) groups is 1. The quantitative estimate of drug-likeness (QED) is 0.704. The molecule has 0 fully saturated rings. The van der Waals surface area contributed by atoms with Gasteiger partial charge in [0.1, 0.15) is 11.8 Å². The van der Waals surface area contributed by atoms with Crippen molar-refractivity contribution < 1.29 is 14.6 Å². The molecule has 1 aromatic carbocycles. The number of carboxylic acid groups (broad SMARTS) is 1. The van der Waals surface area contributed by atoms with E-state index in [1.807, 2.05) is 13.0 Å². The number of hydrogen-bond acceptors (Lipinski definition) is 3. The highest BCUT2D eigenvalue weighted by molar-refractivity contribution is 5.75. The van der Waals surface area contributed by atoms with Gasteiger partial charge in [-0.15, -0.1) is 13.2 Å². The van der Waals surface area contributed by atoms with Gasteiger partial charge < -0.3 is 9.84 Å². The second kappa shape index (κ2) is 8.17. The number of aliphatic carboxylic acids is 1. The fourth-order valence-electron chi connectivity index (χ4n) is 2.07. The van der Waals surface area contributed by atoms with Crippen molar-refractivity contribution in [1.29, 1.82) is 0 Å². The van der Waals surface area contributed by atoms with Gasteiger partial charge >= 0.3 is 5.97 Å². The Kier molecular flexibility index (Phi) is 6.53. The lowest BCUT2D eigenvalue weighted by atomic mass is 10.0. The van der Waals surface area contributed by atoms with Crippen LogP contribution in [0.3, 0.4) is 0 Å². The SMILES string of the molecule is C=CCN(CC=C)C(C(=O)O)c1cccc(OCC)c1. The molecule has 1 aromatic rings. The fourth-order valence-corrected chi connectivity index (χ4v) is 2.07. The third kappa shape index (κ3) is 4.24. The monoisotopic (exact) mass is 275 g/mol. The molecule has 0 heterocycles. The number of ether oxygens (including phenoxy) is 1. The van der Waals surface area contributed by atoms with Crippen LogP contribution in [-0.4, -0.2) is 35.7 Å². The Bertz CT molecular complexity index is 461. The smallest absolute Gasteiger partial charge is 0.325 e. The zero-order valence-electron chi connectivity index (χ0n) is 11.8. The van der Waals surface area contributed by atoms with E-state index in [0.717, 1.165) is 0 Å². The van der Waals surface area contributed by atoms with Crippen LogP contribution in [0.5, 0.6) is 5.75 Å². The molecule has 0 saturated heterocycles. The lowest BCUT2D eigenvalue weighted by Crippen LogP contribution is -2.34. The molecule has 0 radical (unpaired) electrons. The van der Waals surface area contributed by atoms with E-state index in [-0.39, 0.29) is 0 Å². The van der Waals surface area contributed by atoms with Gasteiger partial charge in [0.15, 0.2) is 0 Å². The first-order valence-corrected chi connectivity index (χ1v) is 6.55. The Morgan fingerprint density at radius 2 is 2.05 bits per heavy atom. The van der Waals surface area contributed by atoms with Crippen LogP contribution < -0.4 is 4.74 Å². The van der Waals surface area contributed by atoms with Crippen LogP contribution in [0.4, 0.5) is 0 Å². The molecule has 0 bridgehead atoms. The van der Waals surface area contributed by atoms with Gasteiger partial charge in [0.05, 0.1) is 6.61 Å². The van der Waals surface area contributed by atoms with Gasteiger partial charge in [0.25, 0.3) is 0 Å². The third-order valence-electron chi connectivity index (χ3n) is 2.81. The van der Waals surface area contributed by atoms with Crippen LogP contribution in [0.2, 0.25) is 0 Å². The van der Waals surface area contributed by atoms with Crippen LogP contribution in [0.1, 0.15) is 18.5 Å². The Labute approximate surface area is 120 Å². The summed E-state index contributed by atoms with van der Waals surface area (Å²) in [6.07, 6.45) is 3.37. The van der Waals surface area contributed by atoms with Crippen molar-refractivity contribution in [3.63, 3.8) is 0 Å². The normalized spacial score (nSPS) is 11.9. The van der Waals surface area contributed by atoms with E-state index < -0.39 is 12.0 Å². The Morgan fingerprint density at radius 3 is 2.55 bits per heavy atom. The Morgan fingerprint density at radius 1 is 1.40 bits per heavy atom. The topological polar surface area (TPSA) is 49.8 Å². The van der Waals surface area contributed by atoms with Crippen LogP contribution in [-0.2, 0) is 4.79 Å². The first-order chi connectivity index (χ1) is 9.63. The van der Waals surface area contributed by atoms with Crippen molar-refractivity contribution in [3.05, 3.63) is 55.1 Å². The van der Waals surface area contributed by atoms with Gasteiger partial charge in [-0.1, -0.05) is 24.3 Å². The first kappa shape index (κ1) is 16.0. The predicted molar refractivity (Wildman–Crippen MR) is 80.0 cm³/mol. The summed E-state index contributed by atoms with van der Waals surface area (Å²) < 4.78 is 5.42. The van der Waals surface area contributed by atoms with Gasteiger partial charge in [-0.25, -0.2) is 0 Å². The van der Waals surface area contributed by atoms with Crippen molar-refractivity contribution in [1.82, 2.24) is 4.90 Å². The largest absolute Gasteiger partial charge is 0.494 e. The number of hydrogen-bond donors (Lipinski definition) is 1. The van der Waals surface area contributed by atoms with E-state index in [4.69, 9.17) is 4.74 Å². The Balaban J connectivity index is 3.10. The number of nitrogens with zero attached hydrogens (tertiary/aromatic N) is 1. The van der Waals surface area contributed by atoms with Gasteiger partial charge in [-0.05, 0) is 24.6 Å². The highest BCUT2D eigenvalue weighted by atomic mass is 16.5. The molecule has 0 saturated carbocycles. The first-order valence-electron chi connectivity index (χ1n) is 6.55. The average Bonchev–Trinajstić information content (AvgIpc) is 2.40. The molecule has 0 aliphatic carbocycles. The fraction of sp³-hybridized carbons (Fsp3) is 0.312. The summed E-state index contributed by atoms with van der Waals surface area (Å²) in [5.41, 5.74) is 0.687. The summed E-state index contributed by atoms with van der Waals surface area (Å²) in [5, 5.41) is 9.52. The Hall–Kier alpha value is -2.07. The lowest BCUT2D eigenvalue weighted by Gasteiger charge is -2.27. The summed E-state index contributed by atoms with van der Waals surface area (Å²) in [4.78, 5) is 13.4. The molecule has 0 spiro atoms. The maximum atomic E-state index is 11.6. The summed E-state index contributed by atoms with van der Waals surface area (Å²) in [7, 11) is 0. The van der Waals surface area contributed by atoms with Crippen LogP contribution in [0, 0.1) is 0 Å². The number of carboxylic acids is 1. The van der Waals surface area contributed by atoms with Crippen LogP contribution in [0.15, 0.2) is 49.6 Å². The molecule has 1 atom stereocenters. The second-order valence-electron chi connectivity index (χ2n) is 4.28. The van der Waals surface area contributed by atoms with E-state index in [0.29, 0.717) is 31.0 Å². The minimum absolute atomic E-state index is 0.474. The van der Waals surface area contributed by atoms with E-state index >= 15 is 0 Å². The molecule has 4 heteroatoms. The number of rotatable bonds is 9. The second-order valence-corrected chi connectivity index (χ2v) is 4.28. The molecule has 0 aromatic heterocycles. The lowest BCUT2D eigenvalue weighted by molar-refractivity contribution is -0.143.